The van der Waals surface area contributed by atoms with Crippen LogP contribution < -0.4 is 10.0 Å². The Morgan fingerprint density at radius 2 is 1.71 bits per heavy atom. The minimum atomic E-state index is -3.98. The van der Waals surface area contributed by atoms with Gasteiger partial charge in [-0.3, -0.25) is 5.32 Å². The number of nitrogens with one attached hydrogen (secondary N) is 2. The van der Waals surface area contributed by atoms with Gasteiger partial charge in [0.15, 0.2) is 6.10 Å². The molecule has 0 unspecified atom stereocenters. The van der Waals surface area contributed by atoms with Crippen molar-refractivity contribution in [1.82, 2.24) is 4.72 Å². The minimum absolute atomic E-state index is 0.0455. The fourth-order valence-corrected chi connectivity index (χ4v) is 5.72. The van der Waals surface area contributed by atoms with Crippen molar-refractivity contribution in [3.63, 3.8) is 0 Å². The van der Waals surface area contributed by atoms with Gasteiger partial charge in [0.05, 0.1) is 35.4 Å². The second-order valence-corrected chi connectivity index (χ2v) is 9.71. The number of benzene rings is 3. The van der Waals surface area contributed by atoms with E-state index in [1.54, 1.807) is 18.2 Å². The number of carbonyl (C=O) groups excluding carboxylic acids is 1. The third-order valence-electron chi connectivity index (χ3n) is 5.90. The van der Waals surface area contributed by atoms with E-state index in [1.165, 1.54) is 12.1 Å². The molecule has 3 aromatic rings. The summed E-state index contributed by atoms with van der Waals surface area (Å²) in [5, 5.41) is 13.9. The molecule has 9 nitrogen and oxygen atoms in total. The number of nitrogens with zero attached hydrogens (tertiary/aromatic N) is 1. The van der Waals surface area contributed by atoms with E-state index in [9.17, 15) is 18.5 Å². The van der Waals surface area contributed by atoms with Gasteiger partial charge in [0.2, 0.25) is 10.0 Å². The summed E-state index contributed by atoms with van der Waals surface area (Å²) in [6, 6.07) is 20.4. The van der Waals surface area contributed by atoms with E-state index in [2.05, 4.69) is 10.0 Å². The molecular formula is C24H21N3O6S. The van der Waals surface area contributed by atoms with Crippen molar-refractivity contribution in [3.8, 4) is 6.07 Å². The third-order valence-corrected chi connectivity index (χ3v) is 7.44. The summed E-state index contributed by atoms with van der Waals surface area (Å²) in [5.74, 6) is 0. The average molecular weight is 480 g/mol. The van der Waals surface area contributed by atoms with Crippen LogP contribution in [0.3, 0.4) is 0 Å². The molecular weight excluding hydrogens is 458 g/mol. The number of sulfonamides is 1. The molecule has 2 saturated heterocycles. The van der Waals surface area contributed by atoms with Crippen LogP contribution in [0.25, 0.3) is 10.8 Å². The lowest BCUT2D eigenvalue weighted by atomic mass is 10.1. The number of carbonyl (C=O) groups is 1. The summed E-state index contributed by atoms with van der Waals surface area (Å²) in [6.07, 6.45) is -2.58. The molecule has 2 N–H and O–H groups in total. The Labute approximate surface area is 196 Å². The van der Waals surface area contributed by atoms with Gasteiger partial charge in [-0.05, 0) is 23.6 Å². The smallest absolute Gasteiger partial charge is 0.412 e. The highest BCUT2D eigenvalue weighted by Crippen LogP contribution is 2.31. The largest absolute Gasteiger partial charge is 0.441 e. The topological polar surface area (TPSA) is 127 Å². The number of amides is 1. The van der Waals surface area contributed by atoms with Crippen LogP contribution in [0.2, 0.25) is 0 Å². The summed E-state index contributed by atoms with van der Waals surface area (Å²) in [4.78, 5) is 12.5. The van der Waals surface area contributed by atoms with Gasteiger partial charge in [-0.15, -0.1) is 0 Å². The van der Waals surface area contributed by atoms with E-state index in [0.717, 1.165) is 10.8 Å². The maximum absolute atomic E-state index is 12.9. The molecule has 2 aliphatic heterocycles. The molecule has 5 rings (SSSR count). The van der Waals surface area contributed by atoms with Crippen molar-refractivity contribution in [3.05, 3.63) is 72.3 Å². The molecule has 3 aromatic carbocycles. The van der Waals surface area contributed by atoms with Crippen LogP contribution in [-0.4, -0.2) is 52.1 Å². The molecule has 0 saturated carbocycles. The first-order chi connectivity index (χ1) is 16.5. The highest BCUT2D eigenvalue weighted by molar-refractivity contribution is 7.89. The lowest BCUT2D eigenvalue weighted by Gasteiger charge is -2.18. The van der Waals surface area contributed by atoms with E-state index in [4.69, 9.17) is 14.2 Å². The second-order valence-electron chi connectivity index (χ2n) is 8.03. The number of rotatable bonds is 5. The van der Waals surface area contributed by atoms with Crippen molar-refractivity contribution < 1.29 is 27.4 Å². The standard InChI is InChI=1S/C24H21N3O6S/c25-12-16-7-2-4-11-21(16)34(29,30)27-19-13-31-23-20(14-32-22(19)23)33-24(28)26-18-10-5-8-15-6-1-3-9-17(15)18/h1-11,19-20,22-23,27H,13-14H2,(H,26,28)/t19-,20-,22-,23+/m0/s1. The lowest BCUT2D eigenvalue weighted by Crippen LogP contribution is -2.44. The first-order valence-electron chi connectivity index (χ1n) is 10.7. The molecule has 10 heteroatoms. The van der Waals surface area contributed by atoms with Crippen molar-refractivity contribution in [1.29, 1.82) is 5.26 Å². The van der Waals surface area contributed by atoms with Crippen LogP contribution in [0.1, 0.15) is 5.56 Å². The molecule has 2 aliphatic rings. The second kappa shape index (κ2) is 9.04. The molecule has 2 heterocycles. The van der Waals surface area contributed by atoms with Crippen LogP contribution in [0.5, 0.6) is 0 Å². The van der Waals surface area contributed by atoms with E-state index >= 15 is 0 Å². The zero-order valence-electron chi connectivity index (χ0n) is 17.9. The zero-order valence-corrected chi connectivity index (χ0v) is 18.7. The number of fused-ring (bicyclic) bond motifs is 2. The van der Waals surface area contributed by atoms with Gasteiger partial charge in [0.25, 0.3) is 0 Å². The van der Waals surface area contributed by atoms with E-state index in [1.807, 2.05) is 42.5 Å². The normalized spacial score (nSPS) is 23.9. The SMILES string of the molecule is N#Cc1ccccc1S(=O)(=O)N[C@H]1CO[C@H]2[C@H]1OC[C@@H]2OC(=O)Nc1cccc2ccccc12. The molecule has 0 aromatic heterocycles. The number of hydrogen-bond acceptors (Lipinski definition) is 7. The van der Waals surface area contributed by atoms with Crippen molar-refractivity contribution >= 4 is 32.6 Å². The maximum Gasteiger partial charge on any atom is 0.412 e. The van der Waals surface area contributed by atoms with Crippen molar-refractivity contribution in [2.75, 3.05) is 18.5 Å². The Bertz CT molecular complexity index is 1380. The number of nitriles is 1. The first-order valence-corrected chi connectivity index (χ1v) is 12.1. The summed E-state index contributed by atoms with van der Waals surface area (Å²) < 4.78 is 45.3. The quantitative estimate of drug-likeness (QED) is 0.576. The third kappa shape index (κ3) is 4.22. The van der Waals surface area contributed by atoms with Gasteiger partial charge in [-0.25, -0.2) is 17.9 Å². The van der Waals surface area contributed by atoms with Crippen LogP contribution in [0, 0.1) is 11.3 Å². The predicted molar refractivity (Wildman–Crippen MR) is 123 cm³/mol. The molecule has 1 amide bonds. The molecule has 0 aliphatic carbocycles. The van der Waals surface area contributed by atoms with Gasteiger partial charge in [0, 0.05) is 5.39 Å². The first kappa shape index (κ1) is 22.3. The van der Waals surface area contributed by atoms with Crippen LogP contribution in [0.4, 0.5) is 10.5 Å². The average Bonchev–Trinajstić information content (AvgIpc) is 3.42. The fourth-order valence-electron chi connectivity index (χ4n) is 4.33. The zero-order chi connectivity index (χ0) is 23.7. The number of hydrogen-bond donors (Lipinski definition) is 2. The molecule has 0 radical (unpaired) electrons. The highest BCUT2D eigenvalue weighted by Gasteiger charge is 2.50. The molecule has 4 atom stereocenters. The number of ether oxygens (including phenoxy) is 3. The van der Waals surface area contributed by atoms with E-state index in [-0.39, 0.29) is 23.7 Å². The van der Waals surface area contributed by atoms with E-state index < -0.39 is 40.5 Å². The summed E-state index contributed by atoms with van der Waals surface area (Å²) in [5.41, 5.74) is 0.664. The van der Waals surface area contributed by atoms with Crippen LogP contribution >= 0.6 is 0 Å². The molecule has 34 heavy (non-hydrogen) atoms. The maximum atomic E-state index is 12.9. The molecule has 2 fully saturated rings. The van der Waals surface area contributed by atoms with Crippen molar-refractivity contribution in [2.45, 2.75) is 29.2 Å². The molecule has 0 bridgehead atoms. The van der Waals surface area contributed by atoms with Crippen LogP contribution in [-0.2, 0) is 24.2 Å². The summed E-state index contributed by atoms with van der Waals surface area (Å²) in [7, 11) is -3.98. The van der Waals surface area contributed by atoms with Crippen LogP contribution in [0.15, 0.2) is 71.6 Å². The molecule has 174 valence electrons. The summed E-state index contributed by atoms with van der Waals surface area (Å²) >= 11 is 0. The Morgan fingerprint density at radius 3 is 2.56 bits per heavy atom. The number of anilines is 1. The predicted octanol–water partition coefficient (Wildman–Crippen LogP) is 2.77. The van der Waals surface area contributed by atoms with Gasteiger partial charge in [-0.1, -0.05) is 48.5 Å². The van der Waals surface area contributed by atoms with Gasteiger partial charge >= 0.3 is 6.09 Å². The van der Waals surface area contributed by atoms with Gasteiger partial charge in [0.1, 0.15) is 18.3 Å². The monoisotopic (exact) mass is 479 g/mol. The minimum Gasteiger partial charge on any atom is -0.441 e. The Balaban J connectivity index is 1.24. The molecule has 0 spiro atoms. The Kier molecular flexibility index (Phi) is 5.93. The lowest BCUT2D eigenvalue weighted by molar-refractivity contribution is 0.00884. The van der Waals surface area contributed by atoms with E-state index in [0.29, 0.717) is 5.69 Å². The van der Waals surface area contributed by atoms with Crippen molar-refractivity contribution in [2.24, 2.45) is 0 Å². The Hall–Kier alpha value is -3.49. The summed E-state index contributed by atoms with van der Waals surface area (Å²) in [6.45, 7) is 0.124. The van der Waals surface area contributed by atoms with Gasteiger partial charge < -0.3 is 14.2 Å². The highest BCUT2D eigenvalue weighted by atomic mass is 32.2. The Morgan fingerprint density at radius 1 is 0.971 bits per heavy atom. The van der Waals surface area contributed by atoms with Gasteiger partial charge in [-0.2, -0.15) is 5.26 Å². The fraction of sp³-hybridized carbons (Fsp3) is 0.250.